The molecule has 1 fully saturated rings. The van der Waals surface area contributed by atoms with E-state index in [9.17, 15) is 0 Å². The average molecular weight is 331 g/mol. The molecule has 3 rings (SSSR count). The van der Waals surface area contributed by atoms with Crippen LogP contribution < -0.4 is 5.32 Å². The Morgan fingerprint density at radius 1 is 1.33 bits per heavy atom. The summed E-state index contributed by atoms with van der Waals surface area (Å²) in [6, 6.07) is 8.74. The molecule has 132 valence electrons. The van der Waals surface area contributed by atoms with E-state index in [0.29, 0.717) is 25.0 Å². The first kappa shape index (κ1) is 17.2. The standard InChI is InChI=1S/C19H29N3O2/c1-20-19(21-12-17-11-16-5-3-4-6-18(16)17)22-8-7-15(13-22)14-24-10-9-23-2/h3-6,15,17H,7-14H2,1-2H3,(H,20,21). The van der Waals surface area contributed by atoms with Crippen molar-refractivity contribution in [3.05, 3.63) is 35.4 Å². The van der Waals surface area contributed by atoms with Crippen LogP contribution in [0.4, 0.5) is 0 Å². The van der Waals surface area contributed by atoms with Crippen molar-refractivity contribution >= 4 is 5.96 Å². The van der Waals surface area contributed by atoms with Crippen molar-refractivity contribution in [2.75, 3.05) is 53.6 Å². The SMILES string of the molecule is CN=C(NCC1Cc2ccccc21)N1CCC(COCCOC)C1. The average Bonchev–Trinajstić information content (AvgIpc) is 3.05. The van der Waals surface area contributed by atoms with Gasteiger partial charge in [0.2, 0.25) is 0 Å². The number of methoxy groups -OCH3 is 1. The van der Waals surface area contributed by atoms with Crippen LogP contribution in [0.1, 0.15) is 23.5 Å². The maximum absolute atomic E-state index is 5.67. The fraction of sp³-hybridized carbons (Fsp3) is 0.632. The highest BCUT2D eigenvalue weighted by atomic mass is 16.5. The molecule has 1 aliphatic heterocycles. The van der Waals surface area contributed by atoms with Crippen LogP contribution in [0.3, 0.4) is 0 Å². The van der Waals surface area contributed by atoms with Gasteiger partial charge in [-0.1, -0.05) is 24.3 Å². The van der Waals surface area contributed by atoms with Gasteiger partial charge in [-0.25, -0.2) is 0 Å². The summed E-state index contributed by atoms with van der Waals surface area (Å²) in [5.41, 5.74) is 2.99. The highest BCUT2D eigenvalue weighted by molar-refractivity contribution is 5.80. The Morgan fingerprint density at radius 2 is 2.21 bits per heavy atom. The number of fused-ring (bicyclic) bond motifs is 1. The lowest BCUT2D eigenvalue weighted by Crippen LogP contribution is -2.43. The first-order valence-electron chi connectivity index (χ1n) is 8.92. The molecule has 0 aromatic heterocycles. The maximum Gasteiger partial charge on any atom is 0.193 e. The number of benzene rings is 1. The fourth-order valence-electron chi connectivity index (χ4n) is 3.64. The van der Waals surface area contributed by atoms with Crippen LogP contribution in [-0.4, -0.2) is 64.5 Å². The summed E-state index contributed by atoms with van der Waals surface area (Å²) in [7, 11) is 3.58. The minimum Gasteiger partial charge on any atom is -0.382 e. The Morgan fingerprint density at radius 3 is 3.00 bits per heavy atom. The van der Waals surface area contributed by atoms with Crippen LogP contribution in [0.2, 0.25) is 0 Å². The zero-order chi connectivity index (χ0) is 16.8. The van der Waals surface area contributed by atoms with Crippen molar-refractivity contribution in [3.63, 3.8) is 0 Å². The fourth-order valence-corrected chi connectivity index (χ4v) is 3.64. The number of hydrogen-bond donors (Lipinski definition) is 1. The number of nitrogens with zero attached hydrogens (tertiary/aromatic N) is 2. The summed E-state index contributed by atoms with van der Waals surface area (Å²) in [4.78, 5) is 6.83. The molecule has 0 amide bonds. The van der Waals surface area contributed by atoms with E-state index < -0.39 is 0 Å². The van der Waals surface area contributed by atoms with Crippen molar-refractivity contribution in [3.8, 4) is 0 Å². The minimum absolute atomic E-state index is 0.588. The lowest BCUT2D eigenvalue weighted by atomic mass is 9.78. The van der Waals surface area contributed by atoms with E-state index in [4.69, 9.17) is 9.47 Å². The van der Waals surface area contributed by atoms with Gasteiger partial charge in [0.15, 0.2) is 5.96 Å². The molecule has 1 saturated heterocycles. The largest absolute Gasteiger partial charge is 0.382 e. The second-order valence-corrected chi connectivity index (χ2v) is 6.70. The van der Waals surface area contributed by atoms with Crippen molar-refractivity contribution < 1.29 is 9.47 Å². The number of hydrogen-bond acceptors (Lipinski definition) is 3. The Bertz CT molecular complexity index is 561. The van der Waals surface area contributed by atoms with Gasteiger partial charge in [-0.3, -0.25) is 4.99 Å². The Labute approximate surface area is 145 Å². The molecule has 1 aliphatic carbocycles. The van der Waals surface area contributed by atoms with E-state index in [2.05, 4.69) is 39.5 Å². The molecular formula is C19H29N3O2. The van der Waals surface area contributed by atoms with Gasteiger partial charge in [-0.15, -0.1) is 0 Å². The summed E-state index contributed by atoms with van der Waals surface area (Å²) in [6.45, 7) is 5.21. The smallest absolute Gasteiger partial charge is 0.193 e. The Hall–Kier alpha value is -1.59. The van der Waals surface area contributed by atoms with Crippen molar-refractivity contribution in [1.29, 1.82) is 0 Å². The molecule has 5 nitrogen and oxygen atoms in total. The van der Waals surface area contributed by atoms with Crippen LogP contribution in [0.5, 0.6) is 0 Å². The Balaban J connectivity index is 1.41. The summed E-state index contributed by atoms with van der Waals surface area (Å²) in [5, 5.41) is 3.57. The molecule has 0 spiro atoms. The maximum atomic E-state index is 5.67. The molecule has 0 saturated carbocycles. The van der Waals surface area contributed by atoms with E-state index in [-0.39, 0.29) is 0 Å². The lowest BCUT2D eigenvalue weighted by Gasteiger charge is -2.32. The zero-order valence-electron chi connectivity index (χ0n) is 14.8. The number of rotatable bonds is 7. The molecule has 1 aromatic rings. The number of aliphatic imine (C=N–C) groups is 1. The molecular weight excluding hydrogens is 302 g/mol. The number of guanidine groups is 1. The molecule has 0 bridgehead atoms. The zero-order valence-corrected chi connectivity index (χ0v) is 14.8. The van der Waals surface area contributed by atoms with Crippen molar-refractivity contribution in [2.45, 2.75) is 18.8 Å². The molecule has 1 heterocycles. The van der Waals surface area contributed by atoms with Crippen LogP contribution in [0.15, 0.2) is 29.3 Å². The molecule has 2 unspecified atom stereocenters. The molecule has 1 aromatic carbocycles. The lowest BCUT2D eigenvalue weighted by molar-refractivity contribution is 0.0536. The first-order chi connectivity index (χ1) is 11.8. The monoisotopic (exact) mass is 331 g/mol. The van der Waals surface area contributed by atoms with Gasteiger partial charge >= 0.3 is 0 Å². The summed E-state index contributed by atoms with van der Waals surface area (Å²) in [6.07, 6.45) is 2.34. The second kappa shape index (κ2) is 8.49. The summed E-state index contributed by atoms with van der Waals surface area (Å²) in [5.74, 6) is 2.23. The predicted octanol–water partition coefficient (Wildman–Crippen LogP) is 1.89. The predicted molar refractivity (Wildman–Crippen MR) is 96.6 cm³/mol. The molecule has 2 atom stereocenters. The van der Waals surface area contributed by atoms with Gasteiger partial charge in [-0.05, 0) is 24.0 Å². The quantitative estimate of drug-likeness (QED) is 0.471. The third kappa shape index (κ3) is 4.08. The molecule has 2 aliphatic rings. The van der Waals surface area contributed by atoms with Crippen molar-refractivity contribution in [2.24, 2.45) is 10.9 Å². The third-order valence-corrected chi connectivity index (χ3v) is 5.05. The number of likely N-dealkylation sites (tertiary alicyclic amines) is 1. The van der Waals surface area contributed by atoms with Gasteiger partial charge in [0, 0.05) is 45.6 Å². The normalized spacial score (nSPS) is 23.1. The third-order valence-electron chi connectivity index (χ3n) is 5.05. The topological polar surface area (TPSA) is 46.1 Å². The highest BCUT2D eigenvalue weighted by Crippen LogP contribution is 2.34. The van der Waals surface area contributed by atoms with E-state index in [1.165, 1.54) is 24.0 Å². The number of nitrogens with one attached hydrogen (secondary N) is 1. The van der Waals surface area contributed by atoms with Crippen LogP contribution in [-0.2, 0) is 15.9 Å². The van der Waals surface area contributed by atoms with Gasteiger partial charge in [0.25, 0.3) is 0 Å². The minimum atomic E-state index is 0.588. The van der Waals surface area contributed by atoms with Gasteiger partial charge in [-0.2, -0.15) is 0 Å². The highest BCUT2D eigenvalue weighted by Gasteiger charge is 2.28. The molecule has 24 heavy (non-hydrogen) atoms. The van der Waals surface area contributed by atoms with Gasteiger partial charge in [0.1, 0.15) is 0 Å². The second-order valence-electron chi connectivity index (χ2n) is 6.70. The first-order valence-corrected chi connectivity index (χ1v) is 8.92. The van der Waals surface area contributed by atoms with E-state index in [1.807, 2.05) is 7.05 Å². The van der Waals surface area contributed by atoms with Gasteiger partial charge < -0.3 is 19.7 Å². The van der Waals surface area contributed by atoms with Gasteiger partial charge in [0.05, 0.1) is 19.8 Å². The van der Waals surface area contributed by atoms with E-state index in [0.717, 1.165) is 32.2 Å². The summed E-state index contributed by atoms with van der Waals surface area (Å²) < 4.78 is 10.7. The number of ether oxygens (including phenoxy) is 2. The van der Waals surface area contributed by atoms with E-state index in [1.54, 1.807) is 7.11 Å². The Kier molecular flexibility index (Phi) is 6.10. The van der Waals surface area contributed by atoms with Crippen LogP contribution in [0, 0.1) is 5.92 Å². The summed E-state index contributed by atoms with van der Waals surface area (Å²) >= 11 is 0. The van der Waals surface area contributed by atoms with E-state index >= 15 is 0 Å². The van der Waals surface area contributed by atoms with Crippen LogP contribution in [0.25, 0.3) is 0 Å². The molecule has 1 N–H and O–H groups in total. The molecule has 0 radical (unpaired) electrons. The molecule has 5 heteroatoms. The van der Waals surface area contributed by atoms with Crippen LogP contribution >= 0.6 is 0 Å². The van der Waals surface area contributed by atoms with Crippen molar-refractivity contribution in [1.82, 2.24) is 10.2 Å².